The summed E-state index contributed by atoms with van der Waals surface area (Å²) in [6, 6.07) is 9.03. The number of nitrogens with zero attached hydrogens (tertiary/aromatic N) is 4. The van der Waals surface area contributed by atoms with E-state index in [9.17, 15) is 4.79 Å². The summed E-state index contributed by atoms with van der Waals surface area (Å²) in [4.78, 5) is 18.2. The maximum atomic E-state index is 13.4. The summed E-state index contributed by atoms with van der Waals surface area (Å²) in [5.41, 5.74) is 2.72. The Balaban J connectivity index is 2.11. The Bertz CT molecular complexity index is 1350. The molecule has 0 saturated carbocycles. The lowest BCUT2D eigenvalue weighted by molar-refractivity contribution is 0.0525. The molecule has 0 unspecified atom stereocenters. The van der Waals surface area contributed by atoms with Gasteiger partial charge in [0, 0.05) is 23.2 Å². The number of hydrogen-bond donors (Lipinski definition) is 0. The number of aromatic nitrogens is 4. The van der Waals surface area contributed by atoms with Gasteiger partial charge in [0.1, 0.15) is 0 Å². The first-order chi connectivity index (χ1) is 17.0. The van der Waals surface area contributed by atoms with Gasteiger partial charge in [-0.3, -0.25) is 0 Å². The van der Waals surface area contributed by atoms with Crippen LogP contribution in [0.2, 0.25) is 0 Å². The van der Waals surface area contributed by atoms with Gasteiger partial charge in [-0.1, -0.05) is 11.3 Å². The van der Waals surface area contributed by atoms with Gasteiger partial charge in [-0.25, -0.2) is 14.5 Å². The number of rotatable bonds is 9. The van der Waals surface area contributed by atoms with Crippen molar-refractivity contribution in [1.29, 1.82) is 0 Å². The Morgan fingerprint density at radius 3 is 2.23 bits per heavy atom. The van der Waals surface area contributed by atoms with Crippen molar-refractivity contribution in [3.63, 3.8) is 0 Å². The molecule has 2 aromatic heterocycles. The normalized spacial score (nSPS) is 10.8. The first-order valence-corrected chi connectivity index (χ1v) is 10.9. The van der Waals surface area contributed by atoms with Gasteiger partial charge in [0.2, 0.25) is 0 Å². The predicted molar refractivity (Wildman–Crippen MR) is 128 cm³/mol. The number of esters is 1. The molecule has 0 bridgehead atoms. The summed E-state index contributed by atoms with van der Waals surface area (Å²) in [5.74, 6) is 1.60. The molecule has 35 heavy (non-hydrogen) atoms. The van der Waals surface area contributed by atoms with Crippen LogP contribution in [0.4, 0.5) is 0 Å². The fourth-order valence-corrected chi connectivity index (χ4v) is 3.94. The molecule has 2 heterocycles. The van der Waals surface area contributed by atoms with E-state index < -0.39 is 5.97 Å². The van der Waals surface area contributed by atoms with E-state index in [0.29, 0.717) is 56.3 Å². The highest BCUT2D eigenvalue weighted by atomic mass is 16.5. The third kappa shape index (κ3) is 4.54. The second-order valence-electron chi connectivity index (χ2n) is 7.42. The highest BCUT2D eigenvalue weighted by Gasteiger charge is 2.26. The van der Waals surface area contributed by atoms with Crippen LogP contribution in [-0.2, 0) is 11.3 Å². The highest BCUT2D eigenvalue weighted by molar-refractivity contribution is 6.08. The van der Waals surface area contributed by atoms with Gasteiger partial charge in [0.25, 0.3) is 0 Å². The van der Waals surface area contributed by atoms with Crippen LogP contribution in [0.25, 0.3) is 22.0 Å². The SMILES string of the molecule is CCOC(=O)c1c(Cn2ccnn2)nc2cc(OC)c(OC)cc2c1-c1ccc(OC)c(OC)c1. The highest BCUT2D eigenvalue weighted by Crippen LogP contribution is 2.41. The molecule has 10 heteroatoms. The number of pyridine rings is 1. The third-order valence-corrected chi connectivity index (χ3v) is 5.50. The summed E-state index contributed by atoms with van der Waals surface area (Å²) >= 11 is 0. The molecule has 0 radical (unpaired) electrons. The van der Waals surface area contributed by atoms with E-state index in [4.69, 9.17) is 28.7 Å². The van der Waals surface area contributed by atoms with Gasteiger partial charge in [0.05, 0.1) is 64.6 Å². The molecular formula is C25H26N4O6. The molecule has 182 valence electrons. The molecule has 10 nitrogen and oxygen atoms in total. The zero-order valence-corrected chi connectivity index (χ0v) is 20.2. The van der Waals surface area contributed by atoms with Crippen molar-refractivity contribution in [3.8, 4) is 34.1 Å². The first kappa shape index (κ1) is 23.8. The van der Waals surface area contributed by atoms with E-state index in [-0.39, 0.29) is 13.2 Å². The molecule has 0 atom stereocenters. The monoisotopic (exact) mass is 478 g/mol. The van der Waals surface area contributed by atoms with Gasteiger partial charge >= 0.3 is 5.97 Å². The molecule has 0 amide bonds. The lowest BCUT2D eigenvalue weighted by atomic mass is 9.93. The minimum absolute atomic E-state index is 0.205. The van der Waals surface area contributed by atoms with Crippen molar-refractivity contribution < 1.29 is 28.5 Å². The largest absolute Gasteiger partial charge is 0.493 e. The number of methoxy groups -OCH3 is 4. The van der Waals surface area contributed by atoms with Crippen molar-refractivity contribution in [1.82, 2.24) is 20.0 Å². The second kappa shape index (κ2) is 10.3. The van der Waals surface area contributed by atoms with E-state index in [0.717, 1.165) is 0 Å². The van der Waals surface area contributed by atoms with E-state index in [1.165, 1.54) is 0 Å². The number of carbonyl (C=O) groups is 1. The molecule has 0 saturated heterocycles. The number of ether oxygens (including phenoxy) is 5. The molecule has 0 N–H and O–H groups in total. The Hall–Kier alpha value is -4.34. The summed E-state index contributed by atoms with van der Waals surface area (Å²) in [7, 11) is 6.24. The summed E-state index contributed by atoms with van der Waals surface area (Å²) in [6.45, 7) is 2.17. The summed E-state index contributed by atoms with van der Waals surface area (Å²) in [6.07, 6.45) is 3.26. The van der Waals surface area contributed by atoms with Crippen LogP contribution < -0.4 is 18.9 Å². The van der Waals surface area contributed by atoms with Crippen molar-refractivity contribution in [2.45, 2.75) is 13.5 Å². The topological polar surface area (TPSA) is 107 Å². The van der Waals surface area contributed by atoms with Gasteiger partial charge in [-0.05, 0) is 30.7 Å². The average Bonchev–Trinajstić information content (AvgIpc) is 3.39. The molecule has 2 aromatic carbocycles. The lowest BCUT2D eigenvalue weighted by Crippen LogP contribution is -2.15. The van der Waals surface area contributed by atoms with Gasteiger partial charge in [-0.15, -0.1) is 5.10 Å². The zero-order chi connectivity index (χ0) is 24.9. The first-order valence-electron chi connectivity index (χ1n) is 10.9. The van der Waals surface area contributed by atoms with Crippen LogP contribution in [0.3, 0.4) is 0 Å². The molecule has 0 aliphatic heterocycles. The number of benzene rings is 2. The lowest BCUT2D eigenvalue weighted by Gasteiger charge is -2.19. The van der Waals surface area contributed by atoms with Gasteiger partial charge in [-0.2, -0.15) is 0 Å². The van der Waals surface area contributed by atoms with Crippen molar-refractivity contribution in [2.24, 2.45) is 0 Å². The maximum Gasteiger partial charge on any atom is 0.340 e. The molecular weight excluding hydrogens is 452 g/mol. The maximum absolute atomic E-state index is 13.4. The quantitative estimate of drug-likeness (QED) is 0.332. The van der Waals surface area contributed by atoms with Crippen LogP contribution in [0, 0.1) is 0 Å². The smallest absolute Gasteiger partial charge is 0.340 e. The molecule has 0 fully saturated rings. The van der Waals surface area contributed by atoms with Gasteiger partial charge in [0.15, 0.2) is 23.0 Å². The van der Waals surface area contributed by atoms with Crippen LogP contribution in [0.5, 0.6) is 23.0 Å². The zero-order valence-electron chi connectivity index (χ0n) is 20.2. The van der Waals surface area contributed by atoms with Crippen molar-refractivity contribution in [2.75, 3.05) is 35.0 Å². The number of fused-ring (bicyclic) bond motifs is 1. The van der Waals surface area contributed by atoms with Crippen molar-refractivity contribution >= 4 is 16.9 Å². The third-order valence-electron chi connectivity index (χ3n) is 5.50. The predicted octanol–water partition coefficient (Wildman–Crippen LogP) is 3.75. The molecule has 0 aliphatic rings. The Morgan fingerprint density at radius 1 is 0.914 bits per heavy atom. The molecule has 4 rings (SSSR count). The van der Waals surface area contributed by atoms with E-state index in [1.807, 2.05) is 12.1 Å². The van der Waals surface area contributed by atoms with E-state index in [1.54, 1.807) is 70.6 Å². The second-order valence-corrected chi connectivity index (χ2v) is 7.42. The molecule has 4 aromatic rings. The fourth-order valence-electron chi connectivity index (χ4n) is 3.94. The fraction of sp³-hybridized carbons (Fsp3) is 0.280. The number of hydrogen-bond acceptors (Lipinski definition) is 9. The standard InChI is InChI=1S/C25H26N4O6/c1-6-35-25(30)24-18(14-29-10-9-26-28-29)27-17-13-22(34-5)21(33-4)12-16(17)23(24)15-7-8-19(31-2)20(11-15)32-3/h7-13H,6,14H2,1-5H3. The van der Waals surface area contributed by atoms with Crippen LogP contribution in [0.1, 0.15) is 23.0 Å². The van der Waals surface area contributed by atoms with Crippen LogP contribution >= 0.6 is 0 Å². The van der Waals surface area contributed by atoms with Gasteiger partial charge < -0.3 is 23.7 Å². The van der Waals surface area contributed by atoms with E-state index in [2.05, 4.69) is 10.3 Å². The minimum atomic E-state index is -0.503. The Morgan fingerprint density at radius 2 is 1.60 bits per heavy atom. The molecule has 0 aliphatic carbocycles. The Kier molecular flexibility index (Phi) is 7.00. The minimum Gasteiger partial charge on any atom is -0.493 e. The van der Waals surface area contributed by atoms with Crippen LogP contribution in [-0.4, -0.2) is 61.0 Å². The molecule has 0 spiro atoms. The Labute approximate surface area is 202 Å². The van der Waals surface area contributed by atoms with Crippen molar-refractivity contribution in [3.05, 3.63) is 54.0 Å². The average molecular weight is 479 g/mol. The van der Waals surface area contributed by atoms with E-state index >= 15 is 0 Å². The summed E-state index contributed by atoms with van der Waals surface area (Å²) < 4.78 is 29.0. The van der Waals surface area contributed by atoms with Crippen LogP contribution in [0.15, 0.2) is 42.7 Å². The summed E-state index contributed by atoms with van der Waals surface area (Å²) in [5, 5.41) is 8.59. The number of carbonyl (C=O) groups excluding carboxylic acids is 1.